The number of alkyl halides is 1. The van der Waals surface area contributed by atoms with E-state index in [0.717, 1.165) is 0 Å². The summed E-state index contributed by atoms with van der Waals surface area (Å²) in [6, 6.07) is 6.79. The molecule has 0 saturated carbocycles. The summed E-state index contributed by atoms with van der Waals surface area (Å²) in [5.41, 5.74) is 0.749. The first-order valence-electron chi connectivity index (χ1n) is 6.41. The number of carbonyl (C=O) groups excluding carboxylic acids is 1. The zero-order valence-corrected chi connectivity index (χ0v) is 13.8. The quantitative estimate of drug-likeness (QED) is 0.347. The maximum Gasteiger partial charge on any atom is 0.342 e. The number of ether oxygens (including phenoxy) is 2. The number of benzene rings is 1. The Balaban J connectivity index is 2.52. The van der Waals surface area contributed by atoms with Crippen LogP contribution in [-0.4, -0.2) is 32.9 Å². The Labute approximate surface area is 136 Å². The first-order valence-corrected chi connectivity index (χ1v) is 7.66. The molecule has 0 radical (unpaired) electrons. The normalized spacial score (nSPS) is 22.3. The average molecular weight is 405 g/mol. The van der Waals surface area contributed by atoms with Crippen LogP contribution < -0.4 is 5.06 Å². The number of nitrogens with zero attached hydrogens (tertiary/aromatic N) is 1. The van der Waals surface area contributed by atoms with Gasteiger partial charge in [-0.05, 0) is 48.6 Å². The average Bonchev–Trinajstić information content (AvgIpc) is 2.42. The molecule has 2 N–H and O–H groups in total. The third kappa shape index (κ3) is 3.05. The summed E-state index contributed by atoms with van der Waals surface area (Å²) in [6.45, 7) is 3.43. The lowest BCUT2D eigenvalue weighted by Crippen LogP contribution is -2.54. The number of hydrogen-bond donors (Lipinski definition) is 2. The highest BCUT2D eigenvalue weighted by atomic mass is 127. The SMILES string of the molecule is CCOC1(O)C(C(=O)OC(C)I)=Cc2ccccc2N1O. The van der Waals surface area contributed by atoms with E-state index in [-0.39, 0.29) is 16.3 Å². The summed E-state index contributed by atoms with van der Waals surface area (Å²) < 4.78 is 9.93. The molecular formula is C14H16INO5. The second-order valence-corrected chi connectivity index (χ2v) is 6.17. The summed E-state index contributed by atoms with van der Waals surface area (Å²) >= 11 is 1.92. The minimum Gasteiger partial charge on any atom is -0.448 e. The lowest BCUT2D eigenvalue weighted by molar-refractivity contribution is -0.212. The summed E-state index contributed by atoms with van der Waals surface area (Å²) in [5, 5.41) is 21.4. The number of aliphatic hydroxyl groups is 1. The van der Waals surface area contributed by atoms with Crippen molar-refractivity contribution in [3.63, 3.8) is 0 Å². The number of para-hydroxylation sites is 1. The molecule has 0 bridgehead atoms. The largest absolute Gasteiger partial charge is 0.448 e. The molecule has 7 heteroatoms. The van der Waals surface area contributed by atoms with Crippen LogP contribution in [0.15, 0.2) is 29.8 Å². The number of hydrogen-bond acceptors (Lipinski definition) is 6. The van der Waals surface area contributed by atoms with Crippen LogP contribution in [0.2, 0.25) is 0 Å². The zero-order chi connectivity index (χ0) is 15.6. The van der Waals surface area contributed by atoms with Crippen molar-refractivity contribution in [2.75, 3.05) is 11.7 Å². The minimum atomic E-state index is -2.27. The van der Waals surface area contributed by atoms with Gasteiger partial charge in [0.2, 0.25) is 0 Å². The molecule has 1 aromatic rings. The first kappa shape index (κ1) is 16.2. The van der Waals surface area contributed by atoms with E-state index >= 15 is 0 Å². The number of anilines is 1. The zero-order valence-electron chi connectivity index (χ0n) is 11.6. The highest BCUT2D eigenvalue weighted by molar-refractivity contribution is 14.1. The standard InChI is InChI=1S/C14H16INO5/c1-3-20-14(18)11(13(17)21-9(2)15)8-10-6-4-5-7-12(10)16(14)19/h4-9,18-19H,3H2,1-2H3. The van der Waals surface area contributed by atoms with Gasteiger partial charge in [0.1, 0.15) is 9.68 Å². The van der Waals surface area contributed by atoms with Crippen molar-refractivity contribution >= 4 is 40.3 Å². The minimum absolute atomic E-state index is 0.0974. The number of carbonyl (C=O) groups is 1. The molecule has 0 spiro atoms. The second-order valence-electron chi connectivity index (χ2n) is 4.42. The van der Waals surface area contributed by atoms with E-state index in [1.807, 2.05) is 22.6 Å². The molecule has 1 aliphatic rings. The maximum atomic E-state index is 12.2. The monoisotopic (exact) mass is 405 g/mol. The lowest BCUT2D eigenvalue weighted by Gasteiger charge is -2.39. The molecule has 114 valence electrons. The Bertz CT molecular complexity index is 574. The molecule has 21 heavy (non-hydrogen) atoms. The van der Waals surface area contributed by atoms with Crippen LogP contribution in [0.5, 0.6) is 0 Å². The van der Waals surface area contributed by atoms with Gasteiger partial charge >= 0.3 is 11.9 Å². The van der Waals surface area contributed by atoms with Crippen molar-refractivity contribution in [3.05, 3.63) is 35.4 Å². The van der Waals surface area contributed by atoms with Crippen LogP contribution >= 0.6 is 22.6 Å². The summed E-state index contributed by atoms with van der Waals surface area (Å²) in [7, 11) is 0. The molecule has 0 aliphatic carbocycles. The fourth-order valence-corrected chi connectivity index (χ4v) is 2.30. The van der Waals surface area contributed by atoms with Gasteiger partial charge < -0.3 is 14.6 Å². The van der Waals surface area contributed by atoms with E-state index in [1.54, 1.807) is 38.1 Å². The van der Waals surface area contributed by atoms with Crippen molar-refractivity contribution in [2.45, 2.75) is 23.9 Å². The summed E-state index contributed by atoms with van der Waals surface area (Å²) in [4.78, 5) is 12.2. The highest BCUT2D eigenvalue weighted by Gasteiger charge is 2.47. The third-order valence-electron chi connectivity index (χ3n) is 2.94. The molecule has 0 fully saturated rings. The first-order chi connectivity index (χ1) is 9.90. The van der Waals surface area contributed by atoms with Crippen molar-refractivity contribution in [1.82, 2.24) is 0 Å². The lowest BCUT2D eigenvalue weighted by atomic mass is 10.0. The van der Waals surface area contributed by atoms with E-state index in [4.69, 9.17) is 9.47 Å². The maximum absolute atomic E-state index is 12.2. The summed E-state index contributed by atoms with van der Waals surface area (Å²) in [6.07, 6.45) is 1.46. The van der Waals surface area contributed by atoms with E-state index in [2.05, 4.69) is 0 Å². The molecule has 0 saturated heterocycles. The van der Waals surface area contributed by atoms with Crippen LogP contribution in [0, 0.1) is 0 Å². The van der Waals surface area contributed by atoms with Gasteiger partial charge in [-0.25, -0.2) is 4.79 Å². The van der Waals surface area contributed by atoms with Gasteiger partial charge in [0, 0.05) is 12.2 Å². The fourth-order valence-electron chi connectivity index (χ4n) is 2.07. The molecule has 2 unspecified atom stereocenters. The molecule has 2 rings (SSSR count). The predicted molar refractivity (Wildman–Crippen MR) is 84.8 cm³/mol. The van der Waals surface area contributed by atoms with Crippen LogP contribution in [0.3, 0.4) is 0 Å². The Kier molecular flexibility index (Phi) is 4.87. The van der Waals surface area contributed by atoms with Crippen molar-refractivity contribution in [2.24, 2.45) is 0 Å². The molecule has 1 aliphatic heterocycles. The van der Waals surface area contributed by atoms with Gasteiger partial charge in [-0.15, -0.1) is 0 Å². The van der Waals surface area contributed by atoms with Crippen LogP contribution in [0.1, 0.15) is 19.4 Å². The number of rotatable bonds is 4. The van der Waals surface area contributed by atoms with Gasteiger partial charge in [-0.1, -0.05) is 18.2 Å². The summed E-state index contributed by atoms with van der Waals surface area (Å²) in [5.74, 6) is -3.02. The Morgan fingerprint density at radius 3 is 2.76 bits per heavy atom. The fraction of sp³-hybridized carbons (Fsp3) is 0.357. The third-order valence-corrected chi connectivity index (χ3v) is 3.19. The number of fused-ring (bicyclic) bond motifs is 1. The Morgan fingerprint density at radius 1 is 1.48 bits per heavy atom. The van der Waals surface area contributed by atoms with Crippen molar-refractivity contribution in [3.8, 4) is 0 Å². The molecule has 2 atom stereocenters. The molecule has 1 heterocycles. The molecule has 6 nitrogen and oxygen atoms in total. The van der Waals surface area contributed by atoms with Crippen molar-refractivity contribution in [1.29, 1.82) is 0 Å². The number of hydroxylamine groups is 1. The molecule has 0 aromatic heterocycles. The molecule has 1 aromatic carbocycles. The van der Waals surface area contributed by atoms with Gasteiger partial charge in [0.25, 0.3) is 0 Å². The van der Waals surface area contributed by atoms with Crippen molar-refractivity contribution < 1.29 is 24.6 Å². The van der Waals surface area contributed by atoms with E-state index in [1.165, 1.54) is 6.08 Å². The Hall–Kier alpha value is -1.16. The topological polar surface area (TPSA) is 79.2 Å². The molecule has 0 amide bonds. The van der Waals surface area contributed by atoms with Crippen LogP contribution in [-0.2, 0) is 14.3 Å². The highest BCUT2D eigenvalue weighted by Crippen LogP contribution is 2.38. The smallest absolute Gasteiger partial charge is 0.342 e. The molecular weight excluding hydrogens is 389 g/mol. The van der Waals surface area contributed by atoms with Gasteiger partial charge in [0.05, 0.1) is 5.69 Å². The van der Waals surface area contributed by atoms with E-state index in [9.17, 15) is 15.1 Å². The van der Waals surface area contributed by atoms with E-state index in [0.29, 0.717) is 16.3 Å². The Morgan fingerprint density at radius 2 is 2.14 bits per heavy atom. The van der Waals surface area contributed by atoms with E-state index < -0.39 is 11.9 Å². The van der Waals surface area contributed by atoms with Crippen LogP contribution in [0.25, 0.3) is 6.08 Å². The van der Waals surface area contributed by atoms with Crippen LogP contribution in [0.4, 0.5) is 5.69 Å². The van der Waals surface area contributed by atoms with Gasteiger partial charge in [-0.2, -0.15) is 5.06 Å². The second kappa shape index (κ2) is 6.30. The number of esters is 1. The number of halogens is 1. The van der Waals surface area contributed by atoms with Gasteiger partial charge in [-0.3, -0.25) is 5.21 Å². The predicted octanol–water partition coefficient (Wildman–Crippen LogP) is 2.29. The van der Waals surface area contributed by atoms with Gasteiger partial charge in [0.15, 0.2) is 0 Å².